The lowest BCUT2D eigenvalue weighted by Gasteiger charge is -2.27. The first-order valence-electron chi connectivity index (χ1n) is 7.94. The van der Waals surface area contributed by atoms with Crippen molar-refractivity contribution in [3.8, 4) is 0 Å². The first-order valence-corrected chi connectivity index (χ1v) is 10.0. The molecule has 1 aromatic carbocycles. The largest absolute Gasteiger partial charge is 0.356 e. The highest BCUT2D eigenvalue weighted by Crippen LogP contribution is 2.22. The molecule has 8 heteroatoms. The van der Waals surface area contributed by atoms with Gasteiger partial charge in [0.2, 0.25) is 0 Å². The van der Waals surface area contributed by atoms with Crippen molar-refractivity contribution in [3.05, 3.63) is 35.6 Å². The van der Waals surface area contributed by atoms with Crippen LogP contribution in [0.5, 0.6) is 0 Å². The van der Waals surface area contributed by atoms with E-state index < -0.39 is 9.84 Å². The summed E-state index contributed by atoms with van der Waals surface area (Å²) in [6.45, 7) is 6.65. The first-order chi connectivity index (χ1) is 11.0. The van der Waals surface area contributed by atoms with Gasteiger partial charge in [-0.3, -0.25) is 4.99 Å². The van der Waals surface area contributed by atoms with Crippen LogP contribution in [0.4, 0.5) is 4.39 Å². The van der Waals surface area contributed by atoms with Gasteiger partial charge in [0.25, 0.3) is 0 Å². The third kappa shape index (κ3) is 9.39. The quantitative estimate of drug-likeness (QED) is 0.354. The summed E-state index contributed by atoms with van der Waals surface area (Å²) in [4.78, 5) is 4.17. The molecule has 0 aliphatic rings. The standard InChI is InChI=1S/C17H28FN3O2S.HI/c1-13(10-11-24(5,22)23)21-16(19-4)20-12-17(2,3)14-6-8-15(18)9-7-14;/h6-9,13H,10-12H2,1-5H3,(H2,19,20,21);1H. The lowest BCUT2D eigenvalue weighted by Crippen LogP contribution is -2.46. The van der Waals surface area contributed by atoms with Crippen LogP contribution in [0.3, 0.4) is 0 Å². The maximum absolute atomic E-state index is 13.1. The molecule has 0 saturated carbocycles. The van der Waals surface area contributed by atoms with Crippen molar-refractivity contribution in [1.29, 1.82) is 0 Å². The van der Waals surface area contributed by atoms with E-state index >= 15 is 0 Å². The fourth-order valence-corrected chi connectivity index (χ4v) is 2.98. The summed E-state index contributed by atoms with van der Waals surface area (Å²) in [5.41, 5.74) is 0.818. The van der Waals surface area contributed by atoms with Crippen LogP contribution in [0.1, 0.15) is 32.8 Å². The molecule has 1 aromatic rings. The molecule has 0 bridgehead atoms. The van der Waals surface area contributed by atoms with Gasteiger partial charge in [0.05, 0.1) is 5.75 Å². The second kappa shape index (κ2) is 10.3. The van der Waals surface area contributed by atoms with Gasteiger partial charge in [-0.1, -0.05) is 26.0 Å². The van der Waals surface area contributed by atoms with Crippen LogP contribution in [0.25, 0.3) is 0 Å². The molecule has 0 radical (unpaired) electrons. The Morgan fingerprint density at radius 2 is 1.84 bits per heavy atom. The minimum absolute atomic E-state index is 0. The van der Waals surface area contributed by atoms with Gasteiger partial charge in [-0.2, -0.15) is 0 Å². The number of nitrogens with zero attached hydrogens (tertiary/aromatic N) is 1. The van der Waals surface area contributed by atoms with Gasteiger partial charge in [-0.15, -0.1) is 24.0 Å². The minimum Gasteiger partial charge on any atom is -0.356 e. The van der Waals surface area contributed by atoms with Gasteiger partial charge >= 0.3 is 0 Å². The Balaban J connectivity index is 0.00000576. The van der Waals surface area contributed by atoms with Crippen LogP contribution in [0.2, 0.25) is 0 Å². The number of hydrogen-bond donors (Lipinski definition) is 2. The number of rotatable bonds is 7. The Hall–Kier alpha value is -0.900. The number of sulfone groups is 1. The van der Waals surface area contributed by atoms with E-state index in [9.17, 15) is 12.8 Å². The molecule has 0 fully saturated rings. The summed E-state index contributed by atoms with van der Waals surface area (Å²) >= 11 is 0. The normalized spacial score (nSPS) is 13.8. The zero-order chi connectivity index (χ0) is 18.4. The minimum atomic E-state index is -2.97. The summed E-state index contributed by atoms with van der Waals surface area (Å²) in [6.07, 6.45) is 1.75. The smallest absolute Gasteiger partial charge is 0.191 e. The van der Waals surface area contributed by atoms with Gasteiger partial charge in [0.15, 0.2) is 5.96 Å². The number of halogens is 2. The molecule has 1 atom stereocenters. The summed E-state index contributed by atoms with van der Waals surface area (Å²) in [5.74, 6) is 0.505. The molecule has 0 aromatic heterocycles. The number of guanidine groups is 1. The van der Waals surface area contributed by atoms with Gasteiger partial charge in [0, 0.05) is 31.3 Å². The van der Waals surface area contributed by atoms with Crippen LogP contribution in [0, 0.1) is 5.82 Å². The highest BCUT2D eigenvalue weighted by Gasteiger charge is 2.21. The molecule has 0 aliphatic carbocycles. The number of benzene rings is 1. The van der Waals surface area contributed by atoms with Crippen molar-refractivity contribution >= 4 is 39.8 Å². The summed E-state index contributed by atoms with van der Waals surface area (Å²) in [6, 6.07) is 6.46. The number of aliphatic imine (C=N–C) groups is 1. The van der Waals surface area contributed by atoms with Crippen molar-refractivity contribution in [2.75, 3.05) is 25.6 Å². The first kappa shape index (κ1) is 24.1. The second-order valence-electron chi connectivity index (χ2n) is 6.78. The van der Waals surface area contributed by atoms with Crippen molar-refractivity contribution < 1.29 is 12.8 Å². The molecule has 5 nitrogen and oxygen atoms in total. The maximum Gasteiger partial charge on any atom is 0.191 e. The Morgan fingerprint density at radius 1 is 1.28 bits per heavy atom. The Labute approximate surface area is 167 Å². The second-order valence-corrected chi connectivity index (χ2v) is 9.04. The van der Waals surface area contributed by atoms with E-state index in [1.165, 1.54) is 18.4 Å². The highest BCUT2D eigenvalue weighted by atomic mass is 127. The fourth-order valence-electron chi connectivity index (χ4n) is 2.20. The van der Waals surface area contributed by atoms with Crippen LogP contribution < -0.4 is 10.6 Å². The Morgan fingerprint density at radius 3 is 2.32 bits per heavy atom. The molecule has 1 rings (SSSR count). The molecule has 0 saturated heterocycles. The predicted molar refractivity (Wildman–Crippen MR) is 113 cm³/mol. The SMILES string of the molecule is CN=C(NCC(C)(C)c1ccc(F)cc1)NC(C)CCS(C)(=O)=O.I. The molecule has 2 N–H and O–H groups in total. The fraction of sp³-hybridized carbons (Fsp3) is 0.588. The van der Waals surface area contributed by atoms with E-state index in [-0.39, 0.29) is 47.0 Å². The highest BCUT2D eigenvalue weighted by molar-refractivity contribution is 14.0. The summed E-state index contributed by atoms with van der Waals surface area (Å²) in [5, 5.41) is 6.43. The number of hydrogen-bond acceptors (Lipinski definition) is 3. The molecule has 0 spiro atoms. The Bertz CT molecular complexity index is 661. The number of nitrogens with one attached hydrogen (secondary N) is 2. The molecule has 0 aliphatic heterocycles. The van der Waals surface area contributed by atoms with E-state index in [2.05, 4.69) is 29.5 Å². The third-order valence-electron chi connectivity index (χ3n) is 3.85. The van der Waals surface area contributed by atoms with Crippen LogP contribution in [-0.2, 0) is 15.3 Å². The monoisotopic (exact) mass is 485 g/mol. The van der Waals surface area contributed by atoms with Crippen LogP contribution >= 0.6 is 24.0 Å². The van der Waals surface area contributed by atoms with Crippen LogP contribution in [-0.4, -0.2) is 46.0 Å². The summed E-state index contributed by atoms with van der Waals surface area (Å²) in [7, 11) is -1.30. The van der Waals surface area contributed by atoms with Crippen molar-refractivity contribution in [3.63, 3.8) is 0 Å². The lowest BCUT2D eigenvalue weighted by molar-refractivity contribution is 0.502. The molecule has 25 heavy (non-hydrogen) atoms. The van der Waals surface area contributed by atoms with Crippen molar-refractivity contribution in [2.24, 2.45) is 4.99 Å². The topological polar surface area (TPSA) is 70.6 Å². The van der Waals surface area contributed by atoms with E-state index in [0.717, 1.165) is 5.56 Å². The van der Waals surface area contributed by atoms with Crippen LogP contribution in [0.15, 0.2) is 29.3 Å². The maximum atomic E-state index is 13.1. The van der Waals surface area contributed by atoms with E-state index in [1.807, 2.05) is 6.92 Å². The van der Waals surface area contributed by atoms with E-state index in [1.54, 1.807) is 19.2 Å². The molecule has 0 amide bonds. The van der Waals surface area contributed by atoms with Gasteiger partial charge < -0.3 is 10.6 Å². The van der Waals surface area contributed by atoms with Gasteiger partial charge in [0.1, 0.15) is 15.7 Å². The van der Waals surface area contributed by atoms with E-state index in [4.69, 9.17) is 0 Å². The zero-order valence-corrected chi connectivity index (χ0v) is 18.6. The zero-order valence-electron chi connectivity index (χ0n) is 15.5. The van der Waals surface area contributed by atoms with Gasteiger partial charge in [-0.05, 0) is 31.0 Å². The molecule has 144 valence electrons. The average Bonchev–Trinajstić information content (AvgIpc) is 2.49. The van der Waals surface area contributed by atoms with Crippen molar-refractivity contribution in [1.82, 2.24) is 10.6 Å². The summed E-state index contributed by atoms with van der Waals surface area (Å²) < 4.78 is 35.5. The van der Waals surface area contributed by atoms with Crippen molar-refractivity contribution in [2.45, 2.75) is 38.6 Å². The van der Waals surface area contributed by atoms with Gasteiger partial charge in [-0.25, -0.2) is 12.8 Å². The average molecular weight is 485 g/mol. The Kier molecular flexibility index (Phi) is 9.93. The predicted octanol–water partition coefficient (Wildman–Crippen LogP) is 2.71. The van der Waals surface area contributed by atoms with E-state index in [0.29, 0.717) is 18.9 Å². The third-order valence-corrected chi connectivity index (χ3v) is 4.83. The molecular formula is C17H29FIN3O2S. The molecule has 0 heterocycles. The molecule has 1 unspecified atom stereocenters. The molecular weight excluding hydrogens is 456 g/mol. The lowest BCUT2D eigenvalue weighted by atomic mass is 9.84.